The Kier molecular flexibility index (Phi) is 3.91. The zero-order chi connectivity index (χ0) is 20.4. The molecule has 1 atom stereocenters. The van der Waals surface area contributed by atoms with Gasteiger partial charge < -0.3 is 0 Å². The van der Waals surface area contributed by atoms with Crippen LogP contribution < -0.4 is 5.06 Å². The number of nitroso groups, excluding NO2 is 1. The van der Waals surface area contributed by atoms with E-state index in [4.69, 9.17) is 4.11 Å². The van der Waals surface area contributed by atoms with Crippen LogP contribution in [0, 0.1) is 4.91 Å². The number of anilines is 1. The Morgan fingerprint density at radius 3 is 2.25 bits per heavy atom. The fraction of sp³-hybridized carbons (Fsp3) is 0.176. The zero-order valence-corrected chi connectivity index (χ0v) is 12.3. The SMILES string of the molecule is [2H]C([2H])([2H])C(=C)C(c1ccc(C(F)(F)F)cc1)N(O)c1ccc(N=O)cc1. The summed E-state index contributed by atoms with van der Waals surface area (Å²) in [7, 11) is 0. The Hall–Kier alpha value is -2.67. The predicted octanol–water partition coefficient (Wildman–Crippen LogP) is 5.62. The van der Waals surface area contributed by atoms with Crippen LogP contribution in [0.2, 0.25) is 0 Å². The molecule has 0 aromatic heterocycles. The fourth-order valence-corrected chi connectivity index (χ4v) is 2.16. The van der Waals surface area contributed by atoms with Crippen LogP contribution in [0.15, 0.2) is 65.9 Å². The molecule has 4 nitrogen and oxygen atoms in total. The zero-order valence-electron chi connectivity index (χ0n) is 15.3. The number of benzene rings is 2. The lowest BCUT2D eigenvalue weighted by Gasteiger charge is -2.28. The molecule has 24 heavy (non-hydrogen) atoms. The van der Waals surface area contributed by atoms with Crippen molar-refractivity contribution in [2.45, 2.75) is 19.1 Å². The van der Waals surface area contributed by atoms with Gasteiger partial charge in [0.05, 0.1) is 11.3 Å². The highest BCUT2D eigenvalue weighted by molar-refractivity contribution is 5.53. The first-order chi connectivity index (χ1) is 12.4. The Balaban J connectivity index is 2.47. The quantitative estimate of drug-likeness (QED) is 0.437. The summed E-state index contributed by atoms with van der Waals surface area (Å²) in [5, 5.41) is 13.8. The average molecular weight is 339 g/mol. The van der Waals surface area contributed by atoms with Gasteiger partial charge in [0.15, 0.2) is 0 Å². The third-order valence-corrected chi connectivity index (χ3v) is 3.35. The molecule has 0 bridgehead atoms. The number of hydroxylamine groups is 1. The largest absolute Gasteiger partial charge is 0.416 e. The first kappa shape index (κ1) is 13.7. The van der Waals surface area contributed by atoms with E-state index in [2.05, 4.69) is 11.8 Å². The monoisotopic (exact) mass is 339 g/mol. The molecule has 7 heteroatoms. The van der Waals surface area contributed by atoms with Crippen molar-refractivity contribution in [3.63, 3.8) is 0 Å². The van der Waals surface area contributed by atoms with Gasteiger partial charge in [-0.1, -0.05) is 24.3 Å². The molecule has 2 rings (SSSR count). The second kappa shape index (κ2) is 6.84. The molecule has 0 saturated carbocycles. The maximum absolute atomic E-state index is 12.8. The lowest BCUT2D eigenvalue weighted by molar-refractivity contribution is -0.137. The van der Waals surface area contributed by atoms with Crippen LogP contribution in [-0.4, -0.2) is 5.21 Å². The number of hydrogen-bond acceptors (Lipinski definition) is 4. The molecule has 0 radical (unpaired) electrons. The Morgan fingerprint density at radius 2 is 1.79 bits per heavy atom. The third-order valence-electron chi connectivity index (χ3n) is 3.35. The van der Waals surface area contributed by atoms with Crippen molar-refractivity contribution >= 4 is 11.4 Å². The Morgan fingerprint density at radius 1 is 1.21 bits per heavy atom. The number of halogens is 3. The molecule has 0 aliphatic rings. The van der Waals surface area contributed by atoms with Crippen molar-refractivity contribution in [2.75, 3.05) is 5.06 Å². The van der Waals surface area contributed by atoms with E-state index in [0.717, 1.165) is 24.3 Å². The van der Waals surface area contributed by atoms with Crippen molar-refractivity contribution in [3.05, 3.63) is 76.7 Å². The average Bonchev–Trinajstić information content (AvgIpc) is 2.60. The molecule has 0 heterocycles. The summed E-state index contributed by atoms with van der Waals surface area (Å²) >= 11 is 0. The van der Waals surface area contributed by atoms with Gasteiger partial charge in [0, 0.05) is 4.11 Å². The molecular formula is C17H15F3N2O2. The number of hydrogen-bond donors (Lipinski definition) is 1. The van der Waals surface area contributed by atoms with E-state index in [-0.39, 0.29) is 22.5 Å². The van der Waals surface area contributed by atoms with E-state index in [1.54, 1.807) is 0 Å². The van der Waals surface area contributed by atoms with Crippen LogP contribution >= 0.6 is 0 Å². The predicted molar refractivity (Wildman–Crippen MR) is 85.2 cm³/mol. The molecule has 1 unspecified atom stereocenters. The second-order valence-corrected chi connectivity index (χ2v) is 5.00. The maximum atomic E-state index is 12.8. The molecule has 0 aliphatic heterocycles. The Bertz CT molecular complexity index is 819. The van der Waals surface area contributed by atoms with E-state index < -0.39 is 24.6 Å². The third kappa shape index (κ3) is 3.80. The van der Waals surface area contributed by atoms with Gasteiger partial charge in [-0.15, -0.1) is 4.91 Å². The van der Waals surface area contributed by atoms with E-state index in [0.29, 0.717) is 5.06 Å². The molecule has 2 aromatic rings. The van der Waals surface area contributed by atoms with Crippen molar-refractivity contribution in [1.82, 2.24) is 0 Å². The van der Waals surface area contributed by atoms with Crippen LogP contribution in [0.25, 0.3) is 0 Å². The number of alkyl halides is 3. The van der Waals surface area contributed by atoms with E-state index in [1.807, 2.05) is 0 Å². The normalized spacial score (nSPS) is 14.9. The molecule has 0 saturated heterocycles. The lowest BCUT2D eigenvalue weighted by atomic mass is 9.98. The molecule has 0 amide bonds. The first-order valence-corrected chi connectivity index (χ1v) is 6.73. The highest BCUT2D eigenvalue weighted by atomic mass is 19.4. The van der Waals surface area contributed by atoms with Gasteiger partial charge in [0.2, 0.25) is 0 Å². The highest BCUT2D eigenvalue weighted by Crippen LogP contribution is 2.34. The van der Waals surface area contributed by atoms with Gasteiger partial charge in [0.25, 0.3) is 0 Å². The summed E-state index contributed by atoms with van der Waals surface area (Å²) in [5.41, 5.74) is -0.993. The van der Waals surface area contributed by atoms with Crippen LogP contribution in [0.4, 0.5) is 24.5 Å². The second-order valence-electron chi connectivity index (χ2n) is 5.00. The number of nitrogens with zero attached hydrogens (tertiary/aromatic N) is 2. The van der Waals surface area contributed by atoms with E-state index >= 15 is 0 Å². The topological polar surface area (TPSA) is 52.9 Å². The minimum atomic E-state index is -4.55. The summed E-state index contributed by atoms with van der Waals surface area (Å²) in [5.74, 6) is 0. The molecular weight excluding hydrogens is 321 g/mol. The van der Waals surface area contributed by atoms with Gasteiger partial charge in [0.1, 0.15) is 11.7 Å². The standard InChI is InChI=1S/C17H15F3N2O2/c1-11(2)16(12-3-5-13(6-4-12)17(18,19)20)22(24)15-9-7-14(21-23)8-10-15/h3-10,16,24H,1H2,2H3/i2D3. The van der Waals surface area contributed by atoms with Gasteiger partial charge in [-0.05, 0) is 54.0 Å². The minimum absolute atomic E-state index is 0.0906. The van der Waals surface area contributed by atoms with Gasteiger partial charge in [-0.3, -0.25) is 5.21 Å². The first-order valence-electron chi connectivity index (χ1n) is 8.23. The van der Waals surface area contributed by atoms with Gasteiger partial charge in [-0.2, -0.15) is 13.2 Å². The van der Waals surface area contributed by atoms with E-state index in [9.17, 15) is 23.3 Å². The van der Waals surface area contributed by atoms with Crippen molar-refractivity contribution < 1.29 is 22.5 Å². The minimum Gasteiger partial charge on any atom is -0.288 e. The summed E-state index contributed by atoms with van der Waals surface area (Å²) in [4.78, 5) is 10.5. The molecule has 1 N–H and O–H groups in total. The fourth-order valence-electron chi connectivity index (χ4n) is 2.16. The van der Waals surface area contributed by atoms with Crippen molar-refractivity contribution in [1.29, 1.82) is 0 Å². The summed E-state index contributed by atoms with van der Waals surface area (Å²) in [6.07, 6.45) is -4.55. The molecule has 126 valence electrons. The van der Waals surface area contributed by atoms with Crippen LogP contribution in [0.1, 0.15) is 28.1 Å². The van der Waals surface area contributed by atoms with Crippen LogP contribution in [0.5, 0.6) is 0 Å². The smallest absolute Gasteiger partial charge is 0.288 e. The highest BCUT2D eigenvalue weighted by Gasteiger charge is 2.30. The summed E-state index contributed by atoms with van der Waals surface area (Å²) in [6.45, 7) is 0.831. The molecule has 2 aromatic carbocycles. The van der Waals surface area contributed by atoms with Gasteiger partial charge in [-0.25, -0.2) is 5.06 Å². The van der Waals surface area contributed by atoms with Crippen molar-refractivity contribution in [3.8, 4) is 0 Å². The molecule has 0 fully saturated rings. The van der Waals surface area contributed by atoms with E-state index in [1.165, 1.54) is 24.3 Å². The van der Waals surface area contributed by atoms with Gasteiger partial charge >= 0.3 is 6.18 Å². The summed E-state index contributed by atoms with van der Waals surface area (Å²) < 4.78 is 60.9. The summed E-state index contributed by atoms with van der Waals surface area (Å²) in [6, 6.07) is 7.64. The van der Waals surface area contributed by atoms with Crippen LogP contribution in [0.3, 0.4) is 0 Å². The molecule has 0 aliphatic carbocycles. The maximum Gasteiger partial charge on any atom is 0.416 e. The van der Waals surface area contributed by atoms with Crippen molar-refractivity contribution in [2.24, 2.45) is 5.18 Å². The molecule has 0 spiro atoms. The number of rotatable bonds is 5. The Labute approximate surface area is 141 Å². The lowest BCUT2D eigenvalue weighted by Crippen LogP contribution is -2.25. The van der Waals surface area contributed by atoms with Crippen LogP contribution in [-0.2, 0) is 6.18 Å².